The Kier molecular flexibility index (Phi) is 10.1. The van der Waals surface area contributed by atoms with Gasteiger partial charge in [0.2, 0.25) is 5.88 Å². The van der Waals surface area contributed by atoms with E-state index in [-0.39, 0.29) is 62.0 Å². The van der Waals surface area contributed by atoms with Crippen molar-refractivity contribution in [3.05, 3.63) is 41.5 Å². The summed E-state index contributed by atoms with van der Waals surface area (Å²) in [7, 11) is 1.40. The number of methoxy groups -OCH3 is 1. The van der Waals surface area contributed by atoms with Crippen LogP contribution in [-0.4, -0.2) is 88.9 Å². The maximum Gasteiger partial charge on any atom is 0.319 e. The van der Waals surface area contributed by atoms with E-state index in [0.29, 0.717) is 30.6 Å². The van der Waals surface area contributed by atoms with Gasteiger partial charge in [0.15, 0.2) is 11.6 Å². The van der Waals surface area contributed by atoms with Crippen LogP contribution >= 0.6 is 0 Å². The average Bonchev–Trinajstić information content (AvgIpc) is 3.59. The maximum absolute atomic E-state index is 17.1. The Bertz CT molecular complexity index is 1970. The molecular formula is C39H45F2N5O5. The summed E-state index contributed by atoms with van der Waals surface area (Å²) >= 11 is 0. The van der Waals surface area contributed by atoms with Crippen molar-refractivity contribution >= 4 is 27.5 Å². The fraction of sp³-hybridized carbons (Fsp3) is 0.513. The first-order valence-electron chi connectivity index (χ1n) is 18.0. The number of aromatic nitrogens is 3. The molecule has 270 valence electrons. The highest BCUT2D eigenvalue weighted by Crippen LogP contribution is 2.49. The zero-order valence-corrected chi connectivity index (χ0v) is 29.3. The van der Waals surface area contributed by atoms with E-state index < -0.39 is 18.4 Å². The number of halogens is 2. The van der Waals surface area contributed by atoms with Gasteiger partial charge in [-0.05, 0) is 75.1 Å². The first kappa shape index (κ1) is 35.1. The summed E-state index contributed by atoms with van der Waals surface area (Å²) in [6.07, 6.45) is 14.7. The number of ether oxygens (including phenoxy) is 3. The third kappa shape index (κ3) is 6.40. The Morgan fingerprint density at radius 1 is 1.10 bits per heavy atom. The molecular weight excluding hydrogens is 656 g/mol. The normalized spacial score (nSPS) is 21.1. The quantitative estimate of drug-likeness (QED) is 0.132. The number of unbranched alkanes of at least 4 members (excludes halogenated alkanes) is 1. The second-order valence-corrected chi connectivity index (χ2v) is 14.0. The van der Waals surface area contributed by atoms with Gasteiger partial charge in [0.05, 0.1) is 19.3 Å². The highest BCUT2D eigenvalue weighted by Gasteiger charge is 2.50. The zero-order chi connectivity index (χ0) is 35.7. The molecule has 2 N–H and O–H groups in total. The Labute approximate surface area is 296 Å². The molecule has 10 nitrogen and oxygen atoms in total. The van der Waals surface area contributed by atoms with E-state index in [1.54, 1.807) is 4.90 Å². The van der Waals surface area contributed by atoms with Gasteiger partial charge in [-0.3, -0.25) is 4.90 Å². The number of phenolic OH excluding ortho intramolecular Hbond substituents is 1. The Hall–Kier alpha value is -4.31. The van der Waals surface area contributed by atoms with E-state index in [4.69, 9.17) is 25.6 Å². The Morgan fingerprint density at radius 3 is 2.65 bits per heavy atom. The Balaban J connectivity index is 1.36. The van der Waals surface area contributed by atoms with E-state index in [1.165, 1.54) is 31.4 Å². The lowest BCUT2D eigenvalue weighted by molar-refractivity contribution is -0.0511. The van der Waals surface area contributed by atoms with E-state index in [0.717, 1.165) is 77.5 Å². The highest BCUT2D eigenvalue weighted by molar-refractivity contribution is 6.04. The van der Waals surface area contributed by atoms with Crippen LogP contribution in [0.5, 0.6) is 17.6 Å². The molecule has 4 aromatic rings. The van der Waals surface area contributed by atoms with Gasteiger partial charge in [0.1, 0.15) is 34.9 Å². The molecule has 1 aliphatic carbocycles. The molecule has 0 bridgehead atoms. The fourth-order valence-electron chi connectivity index (χ4n) is 8.67. The van der Waals surface area contributed by atoms with Crippen LogP contribution in [0.1, 0.15) is 70.3 Å². The monoisotopic (exact) mass is 701 g/mol. The molecule has 7 rings (SSSR count). The first-order chi connectivity index (χ1) is 24.8. The minimum atomic E-state index is -0.855. The third-order valence-corrected chi connectivity index (χ3v) is 11.1. The lowest BCUT2D eigenvalue weighted by Crippen LogP contribution is -2.56. The Morgan fingerprint density at radius 2 is 1.90 bits per heavy atom. The molecule has 12 heteroatoms. The highest BCUT2D eigenvalue weighted by atomic mass is 19.1. The minimum Gasteiger partial charge on any atom is -0.508 e. The van der Waals surface area contributed by atoms with Gasteiger partial charge in [-0.25, -0.2) is 13.8 Å². The molecule has 2 aliphatic heterocycles. The number of hydrogen-bond donors (Lipinski definition) is 2. The molecule has 0 spiro atoms. The molecule has 2 saturated heterocycles. The number of anilines is 1. The number of likely N-dealkylation sites (tertiary alicyclic amines) is 1. The average molecular weight is 702 g/mol. The van der Waals surface area contributed by atoms with E-state index in [9.17, 15) is 14.6 Å². The van der Waals surface area contributed by atoms with Gasteiger partial charge < -0.3 is 29.3 Å². The second-order valence-electron chi connectivity index (χ2n) is 14.0. The summed E-state index contributed by atoms with van der Waals surface area (Å²) < 4.78 is 50.0. The van der Waals surface area contributed by atoms with Crippen molar-refractivity contribution in [3.8, 4) is 41.2 Å². The number of aliphatic hydroxyl groups excluding tert-OH is 1. The van der Waals surface area contributed by atoms with Crippen LogP contribution in [0.4, 0.5) is 14.6 Å². The summed E-state index contributed by atoms with van der Waals surface area (Å²) in [5.41, 5.74) is -0.491. The van der Waals surface area contributed by atoms with Crippen molar-refractivity contribution < 1.29 is 33.2 Å². The zero-order valence-electron chi connectivity index (χ0n) is 29.3. The molecule has 51 heavy (non-hydrogen) atoms. The van der Waals surface area contributed by atoms with Crippen LogP contribution in [-0.2, 0) is 4.74 Å². The van der Waals surface area contributed by atoms with Gasteiger partial charge in [-0.2, -0.15) is 9.97 Å². The molecule has 0 radical (unpaired) electrons. The molecule has 2 aromatic heterocycles. The number of terminal acetylenes is 1. The van der Waals surface area contributed by atoms with E-state index in [2.05, 4.69) is 20.8 Å². The van der Waals surface area contributed by atoms with Gasteiger partial charge in [-0.1, -0.05) is 31.8 Å². The summed E-state index contributed by atoms with van der Waals surface area (Å²) in [6, 6.07) is 6.23. The van der Waals surface area contributed by atoms with Gasteiger partial charge in [-0.15, -0.1) is 6.42 Å². The topological polar surface area (TPSA) is 113 Å². The lowest BCUT2D eigenvalue weighted by atomic mass is 9.74. The molecule has 4 heterocycles. The SMILES string of the molecule is C#Cc1c(F)ccc2cc(O)cc(-c3nc(OC)c4c(N(CO)CCCC)nc(OCC56CCCC5N(C5CCOCC5)CCC6)nc4c3F)c12. The number of rotatable bonds is 11. The van der Waals surface area contributed by atoms with Crippen molar-refractivity contribution in [2.24, 2.45) is 5.41 Å². The summed E-state index contributed by atoms with van der Waals surface area (Å²) in [5.74, 6) is 0.889. The van der Waals surface area contributed by atoms with Crippen LogP contribution < -0.4 is 14.4 Å². The van der Waals surface area contributed by atoms with Gasteiger partial charge >= 0.3 is 6.01 Å². The van der Waals surface area contributed by atoms with Crippen molar-refractivity contribution in [2.75, 3.05) is 51.7 Å². The van der Waals surface area contributed by atoms with Gasteiger partial charge in [0.25, 0.3) is 0 Å². The van der Waals surface area contributed by atoms with Crippen LogP contribution in [0.2, 0.25) is 0 Å². The first-order valence-corrected chi connectivity index (χ1v) is 18.0. The molecule has 2 unspecified atom stereocenters. The van der Waals surface area contributed by atoms with Crippen molar-refractivity contribution in [3.63, 3.8) is 0 Å². The smallest absolute Gasteiger partial charge is 0.319 e. The van der Waals surface area contributed by atoms with Gasteiger partial charge in [0, 0.05) is 48.2 Å². The number of fused-ring (bicyclic) bond motifs is 3. The number of nitrogens with zero attached hydrogens (tertiary/aromatic N) is 5. The standard InChI is InChI=1S/C39H45F2N5O5/c1-4-6-16-45(23-47)36-32-35(33(41)34(42-37(32)49-3)28-21-26(48)20-24-10-11-29(40)27(5-2)31(24)28)43-38(44-36)51-22-39-14-7-9-30(39)46(17-8-15-39)25-12-18-50-19-13-25/h2,10-11,20-21,25,30,47-48H,4,6-9,12-19,22-23H2,1,3H3. The van der Waals surface area contributed by atoms with Crippen LogP contribution in [0.25, 0.3) is 32.9 Å². The predicted octanol–water partition coefficient (Wildman–Crippen LogP) is 6.57. The molecule has 3 aliphatic rings. The number of pyridine rings is 1. The number of phenols is 1. The maximum atomic E-state index is 17.1. The molecule has 2 aromatic carbocycles. The molecule has 3 fully saturated rings. The van der Waals surface area contributed by atoms with Crippen LogP contribution in [0.3, 0.4) is 0 Å². The third-order valence-electron chi connectivity index (χ3n) is 11.1. The van der Waals surface area contributed by atoms with E-state index >= 15 is 4.39 Å². The van der Waals surface area contributed by atoms with Crippen molar-refractivity contribution in [2.45, 2.75) is 76.8 Å². The summed E-state index contributed by atoms with van der Waals surface area (Å²) in [5, 5.41) is 22.0. The number of piperidine rings is 1. The molecule has 0 amide bonds. The van der Waals surface area contributed by atoms with Crippen LogP contribution in [0, 0.1) is 29.4 Å². The van der Waals surface area contributed by atoms with E-state index in [1.807, 2.05) is 6.92 Å². The summed E-state index contributed by atoms with van der Waals surface area (Å²) in [4.78, 5) is 18.3. The number of hydrogen-bond acceptors (Lipinski definition) is 10. The molecule has 2 atom stereocenters. The summed E-state index contributed by atoms with van der Waals surface area (Å²) in [6.45, 7) is 5.07. The number of aromatic hydroxyl groups is 1. The second kappa shape index (κ2) is 14.7. The fourth-order valence-corrected chi connectivity index (χ4v) is 8.67. The number of aliphatic hydroxyl groups is 1. The lowest BCUT2D eigenvalue weighted by Gasteiger charge is -2.50. The minimum absolute atomic E-state index is 0.0121. The largest absolute Gasteiger partial charge is 0.508 e. The van der Waals surface area contributed by atoms with Crippen LogP contribution in [0.15, 0.2) is 24.3 Å². The predicted molar refractivity (Wildman–Crippen MR) is 191 cm³/mol. The van der Waals surface area contributed by atoms with Crippen molar-refractivity contribution in [1.82, 2.24) is 19.9 Å². The van der Waals surface area contributed by atoms with Crippen molar-refractivity contribution in [1.29, 1.82) is 0 Å². The number of benzene rings is 2. The molecule has 1 saturated carbocycles.